The summed E-state index contributed by atoms with van der Waals surface area (Å²) in [6.45, 7) is 2.55. The van der Waals surface area contributed by atoms with Gasteiger partial charge in [-0.05, 0) is 25.5 Å². The molecule has 5 nitrogen and oxygen atoms in total. The molecule has 0 bridgehead atoms. The fourth-order valence-electron chi connectivity index (χ4n) is 1.82. The third-order valence-electron chi connectivity index (χ3n) is 2.96. The molecule has 1 fully saturated rings. The predicted octanol–water partition coefficient (Wildman–Crippen LogP) is 0.423. The molecule has 2 unspecified atom stereocenters. The Bertz CT molecular complexity index is 497. The van der Waals surface area contributed by atoms with Gasteiger partial charge in [0.1, 0.15) is 0 Å². The summed E-state index contributed by atoms with van der Waals surface area (Å²) in [5.74, 6) is 0. The zero-order valence-corrected chi connectivity index (χ0v) is 11.0. The lowest BCUT2D eigenvalue weighted by Crippen LogP contribution is -2.49. The van der Waals surface area contributed by atoms with E-state index in [-0.39, 0.29) is 11.5 Å². The van der Waals surface area contributed by atoms with Crippen LogP contribution in [0.4, 0.5) is 0 Å². The molecule has 2 atom stereocenters. The second kappa shape index (κ2) is 5.36. The van der Waals surface area contributed by atoms with Gasteiger partial charge in [0.2, 0.25) is 10.0 Å². The van der Waals surface area contributed by atoms with Crippen molar-refractivity contribution in [1.29, 1.82) is 0 Å². The minimum absolute atomic E-state index is 0.200. The highest BCUT2D eigenvalue weighted by molar-refractivity contribution is 7.89. The van der Waals surface area contributed by atoms with E-state index in [1.807, 2.05) is 6.92 Å². The molecule has 0 aromatic heterocycles. The smallest absolute Gasteiger partial charge is 0.240 e. The Labute approximate surface area is 107 Å². The van der Waals surface area contributed by atoms with Crippen molar-refractivity contribution < 1.29 is 18.3 Å². The van der Waals surface area contributed by atoms with Crippen LogP contribution in [0, 0.1) is 6.92 Å². The van der Waals surface area contributed by atoms with E-state index in [2.05, 4.69) is 4.72 Å². The molecule has 6 heteroatoms. The molecule has 1 aromatic rings. The summed E-state index contributed by atoms with van der Waals surface area (Å²) in [7, 11) is -3.60. The summed E-state index contributed by atoms with van der Waals surface area (Å²) in [5.41, 5.74) is 0.995. The average Bonchev–Trinajstić information content (AvgIpc) is 2.32. The molecule has 1 aliphatic rings. The third-order valence-corrected chi connectivity index (χ3v) is 4.46. The number of aryl methyl sites for hydroxylation is 1. The minimum Gasteiger partial charge on any atom is -0.391 e. The van der Waals surface area contributed by atoms with Gasteiger partial charge in [-0.25, -0.2) is 13.1 Å². The number of sulfonamides is 1. The van der Waals surface area contributed by atoms with Gasteiger partial charge in [-0.15, -0.1) is 0 Å². The number of hydrogen-bond acceptors (Lipinski definition) is 4. The van der Waals surface area contributed by atoms with Crippen LogP contribution in [0.5, 0.6) is 0 Å². The van der Waals surface area contributed by atoms with E-state index >= 15 is 0 Å². The van der Waals surface area contributed by atoms with Crippen LogP contribution in [0.25, 0.3) is 0 Å². The van der Waals surface area contributed by atoms with Gasteiger partial charge in [0.15, 0.2) is 0 Å². The fourth-order valence-corrected chi connectivity index (χ4v) is 3.08. The maximum absolute atomic E-state index is 12.1. The monoisotopic (exact) mass is 271 g/mol. The van der Waals surface area contributed by atoms with Crippen molar-refractivity contribution in [1.82, 2.24) is 4.72 Å². The highest BCUT2D eigenvalue weighted by atomic mass is 32.2. The molecule has 18 heavy (non-hydrogen) atoms. The van der Waals surface area contributed by atoms with E-state index in [0.717, 1.165) is 5.56 Å². The third kappa shape index (κ3) is 3.08. The SMILES string of the molecule is Cc1ccc(S(=O)(=O)NC2COCCC2O)cc1. The molecule has 1 saturated heterocycles. The van der Waals surface area contributed by atoms with Gasteiger partial charge in [-0.1, -0.05) is 17.7 Å². The van der Waals surface area contributed by atoms with Gasteiger partial charge in [0, 0.05) is 6.61 Å². The maximum Gasteiger partial charge on any atom is 0.240 e. The first-order valence-electron chi connectivity index (χ1n) is 5.84. The fraction of sp³-hybridized carbons (Fsp3) is 0.500. The van der Waals surface area contributed by atoms with Crippen LogP contribution in [-0.4, -0.2) is 38.9 Å². The molecule has 0 saturated carbocycles. The number of ether oxygens (including phenoxy) is 1. The highest BCUT2D eigenvalue weighted by Crippen LogP contribution is 2.14. The molecule has 2 N–H and O–H groups in total. The Morgan fingerprint density at radius 2 is 2.00 bits per heavy atom. The van der Waals surface area contributed by atoms with Gasteiger partial charge >= 0.3 is 0 Å². The largest absolute Gasteiger partial charge is 0.391 e. The summed E-state index contributed by atoms with van der Waals surface area (Å²) in [6.07, 6.45) is -0.250. The standard InChI is InChI=1S/C12H17NO4S/c1-9-2-4-10(5-3-9)18(15,16)13-11-8-17-7-6-12(11)14/h2-5,11-14H,6-8H2,1H3. The van der Waals surface area contributed by atoms with E-state index in [1.165, 1.54) is 0 Å². The summed E-state index contributed by atoms with van der Waals surface area (Å²) in [5, 5.41) is 9.72. The first-order valence-corrected chi connectivity index (χ1v) is 7.32. The summed E-state index contributed by atoms with van der Waals surface area (Å²) in [6, 6.07) is 6.00. The number of nitrogens with one attached hydrogen (secondary N) is 1. The first kappa shape index (κ1) is 13.5. The normalized spacial score (nSPS) is 25.0. The topological polar surface area (TPSA) is 75.6 Å². The Hall–Kier alpha value is -0.950. The van der Waals surface area contributed by atoms with Crippen LogP contribution in [0.15, 0.2) is 29.2 Å². The Morgan fingerprint density at radius 3 is 2.61 bits per heavy atom. The first-order chi connectivity index (χ1) is 8.49. The number of hydrogen-bond donors (Lipinski definition) is 2. The van der Waals surface area contributed by atoms with E-state index in [0.29, 0.717) is 13.0 Å². The Kier molecular flexibility index (Phi) is 4.01. The molecule has 1 heterocycles. The zero-order chi connectivity index (χ0) is 13.2. The molecule has 0 amide bonds. The minimum atomic E-state index is -3.60. The number of aliphatic hydroxyl groups is 1. The van der Waals surface area contributed by atoms with Crippen molar-refractivity contribution in [3.05, 3.63) is 29.8 Å². The lowest BCUT2D eigenvalue weighted by atomic mass is 10.1. The summed E-state index contributed by atoms with van der Waals surface area (Å²) >= 11 is 0. The summed E-state index contributed by atoms with van der Waals surface area (Å²) < 4.78 is 31.8. The molecule has 1 aliphatic heterocycles. The number of benzene rings is 1. The zero-order valence-electron chi connectivity index (χ0n) is 10.2. The van der Waals surface area contributed by atoms with Crippen LogP contribution >= 0.6 is 0 Å². The van der Waals surface area contributed by atoms with Crippen molar-refractivity contribution in [3.8, 4) is 0 Å². The lowest BCUT2D eigenvalue weighted by molar-refractivity contribution is -0.00841. The molecule has 2 rings (SSSR count). The van der Waals surface area contributed by atoms with Gasteiger partial charge in [0.25, 0.3) is 0 Å². The number of aliphatic hydroxyl groups excluding tert-OH is 1. The van der Waals surface area contributed by atoms with Gasteiger partial charge in [0.05, 0.1) is 23.6 Å². The molecular formula is C12H17NO4S. The van der Waals surface area contributed by atoms with Crippen LogP contribution in [0.1, 0.15) is 12.0 Å². The summed E-state index contributed by atoms with van der Waals surface area (Å²) in [4.78, 5) is 0.200. The highest BCUT2D eigenvalue weighted by Gasteiger charge is 2.28. The van der Waals surface area contributed by atoms with Crippen LogP contribution in [-0.2, 0) is 14.8 Å². The van der Waals surface area contributed by atoms with Crippen LogP contribution in [0.2, 0.25) is 0 Å². The van der Waals surface area contributed by atoms with Gasteiger partial charge < -0.3 is 9.84 Å². The van der Waals surface area contributed by atoms with Crippen molar-refractivity contribution in [2.45, 2.75) is 30.4 Å². The quantitative estimate of drug-likeness (QED) is 0.835. The molecule has 100 valence electrons. The second-order valence-corrected chi connectivity index (χ2v) is 6.19. The van der Waals surface area contributed by atoms with Crippen molar-refractivity contribution in [2.75, 3.05) is 13.2 Å². The van der Waals surface area contributed by atoms with Crippen molar-refractivity contribution >= 4 is 10.0 Å². The van der Waals surface area contributed by atoms with Crippen LogP contribution < -0.4 is 4.72 Å². The number of rotatable bonds is 3. The van der Waals surface area contributed by atoms with E-state index in [1.54, 1.807) is 24.3 Å². The predicted molar refractivity (Wildman–Crippen MR) is 66.7 cm³/mol. The van der Waals surface area contributed by atoms with Gasteiger partial charge in [-0.2, -0.15) is 0 Å². The molecule has 1 aromatic carbocycles. The molecule has 0 aliphatic carbocycles. The molecular weight excluding hydrogens is 254 g/mol. The van der Waals surface area contributed by atoms with Crippen LogP contribution in [0.3, 0.4) is 0 Å². The van der Waals surface area contributed by atoms with Crippen molar-refractivity contribution in [3.63, 3.8) is 0 Å². The van der Waals surface area contributed by atoms with Gasteiger partial charge in [-0.3, -0.25) is 0 Å². The maximum atomic E-state index is 12.1. The van der Waals surface area contributed by atoms with E-state index < -0.39 is 22.2 Å². The lowest BCUT2D eigenvalue weighted by Gasteiger charge is -2.28. The second-order valence-electron chi connectivity index (χ2n) is 4.47. The average molecular weight is 271 g/mol. The Balaban J connectivity index is 2.13. The van der Waals surface area contributed by atoms with Crippen molar-refractivity contribution in [2.24, 2.45) is 0 Å². The van der Waals surface area contributed by atoms with E-state index in [4.69, 9.17) is 4.74 Å². The van der Waals surface area contributed by atoms with E-state index in [9.17, 15) is 13.5 Å². The molecule has 0 radical (unpaired) electrons. The molecule has 0 spiro atoms. The Morgan fingerprint density at radius 1 is 1.33 bits per heavy atom.